The lowest BCUT2D eigenvalue weighted by atomic mass is 10.2. The molecule has 0 spiro atoms. The van der Waals surface area contributed by atoms with Crippen molar-refractivity contribution in [1.29, 1.82) is 0 Å². The minimum atomic E-state index is -0.0527. The largest absolute Gasteiger partial charge is 0.459 e. The lowest BCUT2D eigenvalue weighted by Crippen LogP contribution is -2.53. The number of furan rings is 1. The number of nitrogens with one attached hydrogen (secondary N) is 1. The highest BCUT2D eigenvalue weighted by molar-refractivity contribution is 14.0. The van der Waals surface area contributed by atoms with Crippen LogP contribution < -0.4 is 10.2 Å². The van der Waals surface area contributed by atoms with Gasteiger partial charge in [0.25, 0.3) is 5.91 Å². The summed E-state index contributed by atoms with van der Waals surface area (Å²) in [7, 11) is 2.16. The summed E-state index contributed by atoms with van der Waals surface area (Å²) in [5, 5.41) is 3.38. The second-order valence-electron chi connectivity index (χ2n) is 8.24. The fourth-order valence-corrected chi connectivity index (χ4v) is 4.00. The van der Waals surface area contributed by atoms with E-state index in [1.165, 1.54) is 6.26 Å². The number of aliphatic imine (C=N–C) groups is 1. The van der Waals surface area contributed by atoms with Gasteiger partial charge in [-0.25, -0.2) is 9.98 Å². The van der Waals surface area contributed by atoms with Gasteiger partial charge in [-0.2, -0.15) is 0 Å². The maximum Gasteiger partial charge on any atom is 0.289 e. The molecule has 0 bridgehead atoms. The van der Waals surface area contributed by atoms with Crippen LogP contribution in [0.2, 0.25) is 0 Å². The first kappa shape index (κ1) is 25.3. The van der Waals surface area contributed by atoms with Gasteiger partial charge in [0.2, 0.25) is 0 Å². The number of rotatable bonds is 5. The number of piperazine rings is 2. The molecule has 0 saturated carbocycles. The van der Waals surface area contributed by atoms with Crippen LogP contribution in [0, 0.1) is 0 Å². The van der Waals surface area contributed by atoms with Crippen LogP contribution in [-0.4, -0.2) is 97.5 Å². The molecule has 33 heavy (non-hydrogen) atoms. The molecule has 1 N–H and O–H groups in total. The van der Waals surface area contributed by atoms with Crippen LogP contribution in [0.25, 0.3) is 0 Å². The predicted molar refractivity (Wildman–Crippen MR) is 140 cm³/mol. The third kappa shape index (κ3) is 6.59. The van der Waals surface area contributed by atoms with Crippen molar-refractivity contribution in [2.45, 2.75) is 13.5 Å². The highest BCUT2D eigenvalue weighted by atomic mass is 127. The van der Waals surface area contributed by atoms with Gasteiger partial charge in [-0.15, -0.1) is 24.0 Å². The van der Waals surface area contributed by atoms with Crippen molar-refractivity contribution in [2.75, 3.05) is 70.9 Å². The summed E-state index contributed by atoms with van der Waals surface area (Å²) in [5.41, 5.74) is 1.09. The summed E-state index contributed by atoms with van der Waals surface area (Å²) in [6, 6.07) is 7.67. The first-order valence-corrected chi connectivity index (χ1v) is 11.4. The molecule has 2 aliphatic rings. The molecular weight excluding hydrogens is 533 g/mol. The normalized spacial score (nSPS) is 17.6. The van der Waals surface area contributed by atoms with Gasteiger partial charge in [-0.3, -0.25) is 4.79 Å². The SMILES string of the molecule is CCNC(=NCc1ccc(N2CCN(C)CC2)nc1)N1CCN(C(=O)c2ccco2)CC1.I. The molecule has 0 aliphatic carbocycles. The second kappa shape index (κ2) is 12.2. The lowest BCUT2D eigenvalue weighted by Gasteiger charge is -2.36. The highest BCUT2D eigenvalue weighted by Gasteiger charge is 2.25. The average Bonchev–Trinajstić information content (AvgIpc) is 3.37. The molecule has 2 aromatic heterocycles. The monoisotopic (exact) mass is 567 g/mol. The molecule has 180 valence electrons. The Kier molecular flexibility index (Phi) is 9.36. The fourth-order valence-electron chi connectivity index (χ4n) is 4.00. The molecule has 2 fully saturated rings. The topological polar surface area (TPSA) is 80.5 Å². The number of likely N-dealkylation sites (N-methyl/N-ethyl adjacent to an activating group) is 1. The van der Waals surface area contributed by atoms with Gasteiger partial charge in [0.05, 0.1) is 12.8 Å². The second-order valence-corrected chi connectivity index (χ2v) is 8.24. The van der Waals surface area contributed by atoms with Crippen molar-refractivity contribution in [3.8, 4) is 0 Å². The van der Waals surface area contributed by atoms with E-state index >= 15 is 0 Å². The van der Waals surface area contributed by atoms with E-state index in [9.17, 15) is 4.79 Å². The van der Waals surface area contributed by atoms with Crippen molar-refractivity contribution in [2.24, 2.45) is 4.99 Å². The number of hydrogen-bond donors (Lipinski definition) is 1. The van der Waals surface area contributed by atoms with Gasteiger partial charge in [-0.05, 0) is 37.7 Å². The third-order valence-electron chi connectivity index (χ3n) is 5.98. The van der Waals surface area contributed by atoms with E-state index in [1.807, 2.05) is 11.1 Å². The van der Waals surface area contributed by atoms with Crippen LogP contribution in [-0.2, 0) is 6.54 Å². The smallest absolute Gasteiger partial charge is 0.289 e. The van der Waals surface area contributed by atoms with Crippen LogP contribution in [0.1, 0.15) is 23.0 Å². The minimum Gasteiger partial charge on any atom is -0.459 e. The van der Waals surface area contributed by atoms with Crippen LogP contribution in [0.4, 0.5) is 5.82 Å². The number of halogens is 1. The van der Waals surface area contributed by atoms with E-state index in [2.05, 4.69) is 51.1 Å². The summed E-state index contributed by atoms with van der Waals surface area (Å²) in [6.07, 6.45) is 3.46. The lowest BCUT2D eigenvalue weighted by molar-refractivity contribution is 0.0657. The number of nitrogens with zero attached hydrogens (tertiary/aromatic N) is 6. The van der Waals surface area contributed by atoms with Crippen LogP contribution >= 0.6 is 24.0 Å². The molecule has 0 radical (unpaired) electrons. The zero-order chi connectivity index (χ0) is 22.3. The van der Waals surface area contributed by atoms with Gasteiger partial charge in [0.15, 0.2) is 11.7 Å². The zero-order valence-corrected chi connectivity index (χ0v) is 21.8. The summed E-state index contributed by atoms with van der Waals surface area (Å²) in [4.78, 5) is 30.7. The number of aromatic nitrogens is 1. The van der Waals surface area contributed by atoms with Crippen molar-refractivity contribution in [3.05, 3.63) is 48.0 Å². The average molecular weight is 567 g/mol. The Hall–Kier alpha value is -2.34. The van der Waals surface area contributed by atoms with Gasteiger partial charge < -0.3 is 29.3 Å². The summed E-state index contributed by atoms with van der Waals surface area (Å²) >= 11 is 0. The quantitative estimate of drug-likeness (QED) is 0.336. The minimum absolute atomic E-state index is 0. The highest BCUT2D eigenvalue weighted by Crippen LogP contribution is 2.14. The van der Waals surface area contributed by atoms with Gasteiger partial charge in [0, 0.05) is 65.1 Å². The number of guanidine groups is 1. The first-order chi connectivity index (χ1) is 15.6. The van der Waals surface area contributed by atoms with Crippen molar-refractivity contribution >= 4 is 41.7 Å². The van der Waals surface area contributed by atoms with Gasteiger partial charge in [-0.1, -0.05) is 6.07 Å². The number of amides is 1. The first-order valence-electron chi connectivity index (χ1n) is 11.4. The van der Waals surface area contributed by atoms with Crippen LogP contribution in [0.3, 0.4) is 0 Å². The molecule has 0 unspecified atom stereocenters. The molecule has 4 rings (SSSR count). The summed E-state index contributed by atoms with van der Waals surface area (Å²) < 4.78 is 5.25. The molecule has 2 saturated heterocycles. The van der Waals surface area contributed by atoms with Crippen LogP contribution in [0.5, 0.6) is 0 Å². The summed E-state index contributed by atoms with van der Waals surface area (Å²) in [5.74, 6) is 2.26. The van der Waals surface area contributed by atoms with E-state index in [0.29, 0.717) is 25.4 Å². The molecule has 2 aromatic rings. The molecule has 0 atom stereocenters. The maximum atomic E-state index is 12.5. The molecule has 0 aromatic carbocycles. The number of anilines is 1. The molecular formula is C23H34IN7O2. The molecule has 10 heteroatoms. The standard InChI is InChI=1S/C23H33N7O2.HI/c1-3-24-23(30-14-12-29(13-15-30)22(31)20-5-4-16-32-20)26-18-19-6-7-21(25-17-19)28-10-8-27(2)9-11-28;/h4-7,16-17H,3,8-15,18H2,1-2H3,(H,24,26);1H. The number of hydrogen-bond acceptors (Lipinski definition) is 6. The summed E-state index contributed by atoms with van der Waals surface area (Å²) in [6.45, 7) is 10.4. The maximum absolute atomic E-state index is 12.5. The van der Waals surface area contributed by atoms with Gasteiger partial charge >= 0.3 is 0 Å². The number of pyridine rings is 1. The third-order valence-corrected chi connectivity index (χ3v) is 5.98. The Morgan fingerprint density at radius 2 is 1.79 bits per heavy atom. The Morgan fingerprint density at radius 1 is 1.06 bits per heavy atom. The van der Waals surface area contributed by atoms with Crippen LogP contribution in [0.15, 0.2) is 46.1 Å². The Bertz CT molecular complexity index is 888. The fraction of sp³-hybridized carbons (Fsp3) is 0.522. The van der Waals surface area contributed by atoms with E-state index < -0.39 is 0 Å². The van der Waals surface area contributed by atoms with E-state index in [1.54, 1.807) is 12.1 Å². The van der Waals surface area contributed by atoms with Crippen molar-refractivity contribution in [1.82, 2.24) is 25.0 Å². The van der Waals surface area contributed by atoms with Crippen molar-refractivity contribution in [3.63, 3.8) is 0 Å². The van der Waals surface area contributed by atoms with E-state index in [0.717, 1.165) is 63.2 Å². The molecule has 4 heterocycles. The Balaban J connectivity index is 0.00000306. The molecule has 9 nitrogen and oxygen atoms in total. The molecule has 2 aliphatic heterocycles. The van der Waals surface area contributed by atoms with E-state index in [-0.39, 0.29) is 29.9 Å². The van der Waals surface area contributed by atoms with Crippen molar-refractivity contribution < 1.29 is 9.21 Å². The Labute approximate surface area is 212 Å². The van der Waals surface area contributed by atoms with E-state index in [4.69, 9.17) is 9.41 Å². The predicted octanol–water partition coefficient (Wildman–Crippen LogP) is 1.97. The van der Waals surface area contributed by atoms with Gasteiger partial charge in [0.1, 0.15) is 5.82 Å². The molecule has 1 amide bonds. The number of carbonyl (C=O) groups is 1. The Morgan fingerprint density at radius 3 is 2.39 bits per heavy atom. The zero-order valence-electron chi connectivity index (χ0n) is 19.4. The number of carbonyl (C=O) groups excluding carboxylic acids is 1.